The van der Waals surface area contributed by atoms with Gasteiger partial charge in [0, 0.05) is 17.3 Å². The van der Waals surface area contributed by atoms with Crippen LogP contribution in [-0.2, 0) is 9.53 Å². The molecule has 0 radical (unpaired) electrons. The van der Waals surface area contributed by atoms with Crippen LogP contribution in [-0.4, -0.2) is 31.7 Å². The molecule has 2 atom stereocenters. The van der Waals surface area contributed by atoms with Gasteiger partial charge in [0.2, 0.25) is 5.91 Å². The third-order valence-electron chi connectivity index (χ3n) is 3.37. The van der Waals surface area contributed by atoms with Gasteiger partial charge in [-0.2, -0.15) is 0 Å². The van der Waals surface area contributed by atoms with Gasteiger partial charge in [-0.25, -0.2) is 0 Å². The van der Waals surface area contributed by atoms with Crippen LogP contribution >= 0.6 is 0 Å². The molecule has 0 aliphatic carbocycles. The van der Waals surface area contributed by atoms with Crippen LogP contribution < -0.4 is 10.6 Å². The van der Waals surface area contributed by atoms with Gasteiger partial charge in [-0.05, 0) is 31.2 Å². The second kappa shape index (κ2) is 7.09. The number of anilines is 1. The van der Waals surface area contributed by atoms with Gasteiger partial charge in [0.15, 0.2) is 0 Å². The summed E-state index contributed by atoms with van der Waals surface area (Å²) in [5.41, 5.74) is 1.48. The minimum Gasteiger partial charge on any atom is -0.379 e. The molecule has 1 aliphatic rings. The fraction of sp³-hybridized carbons (Fsp3) is 0.438. The van der Waals surface area contributed by atoms with E-state index in [1.807, 2.05) is 18.2 Å². The zero-order valence-corrected chi connectivity index (χ0v) is 11.7. The van der Waals surface area contributed by atoms with E-state index in [0.29, 0.717) is 13.2 Å². The highest BCUT2D eigenvalue weighted by Crippen LogP contribution is 2.17. The van der Waals surface area contributed by atoms with Crippen LogP contribution in [0.25, 0.3) is 0 Å². The Bertz CT molecular complexity index is 507. The van der Waals surface area contributed by atoms with Gasteiger partial charge in [0.25, 0.3) is 0 Å². The minimum atomic E-state index is -0.156. The van der Waals surface area contributed by atoms with Crippen LogP contribution in [0, 0.1) is 18.3 Å². The molecule has 0 bridgehead atoms. The molecule has 0 spiro atoms. The maximum atomic E-state index is 12.3. The first-order valence-electron chi connectivity index (χ1n) is 6.93. The van der Waals surface area contributed by atoms with Crippen molar-refractivity contribution in [1.29, 1.82) is 0 Å². The molecule has 0 saturated carbocycles. The number of rotatable bonds is 5. The number of hydrogen-bond donors (Lipinski definition) is 2. The predicted molar refractivity (Wildman–Crippen MR) is 79.4 cm³/mol. The molecule has 4 nitrogen and oxygen atoms in total. The Morgan fingerprint density at radius 1 is 1.50 bits per heavy atom. The molecule has 4 heteroatoms. The number of carbonyl (C=O) groups is 1. The average molecular weight is 272 g/mol. The Labute approximate surface area is 119 Å². The lowest BCUT2D eigenvalue weighted by Crippen LogP contribution is -2.41. The van der Waals surface area contributed by atoms with Crippen molar-refractivity contribution in [3.05, 3.63) is 29.8 Å². The standard InChI is InChI=1S/C16H20N2O2/c1-3-8-17-15-11-20-10-14(15)16(19)18-13-7-5-6-12(4-2)9-13/h2,5-7,9,14-15,17H,3,8,10-11H2,1H3,(H,18,19). The van der Waals surface area contributed by atoms with Gasteiger partial charge in [0.1, 0.15) is 0 Å². The van der Waals surface area contributed by atoms with Crippen molar-refractivity contribution in [3.63, 3.8) is 0 Å². The number of ether oxygens (including phenoxy) is 1. The van der Waals surface area contributed by atoms with Gasteiger partial charge >= 0.3 is 0 Å². The predicted octanol–water partition coefficient (Wildman–Crippen LogP) is 1.62. The summed E-state index contributed by atoms with van der Waals surface area (Å²) >= 11 is 0. The molecule has 2 unspecified atom stereocenters. The summed E-state index contributed by atoms with van der Waals surface area (Å²) in [6.45, 7) is 4.04. The number of nitrogens with one attached hydrogen (secondary N) is 2. The Morgan fingerprint density at radius 3 is 3.10 bits per heavy atom. The van der Waals surface area contributed by atoms with Crippen LogP contribution in [0.4, 0.5) is 5.69 Å². The van der Waals surface area contributed by atoms with Gasteiger partial charge in [-0.3, -0.25) is 4.79 Å². The fourth-order valence-corrected chi connectivity index (χ4v) is 2.27. The molecule has 106 valence electrons. The van der Waals surface area contributed by atoms with E-state index in [2.05, 4.69) is 23.5 Å². The molecule has 1 amide bonds. The summed E-state index contributed by atoms with van der Waals surface area (Å²) in [5.74, 6) is 2.38. The summed E-state index contributed by atoms with van der Waals surface area (Å²) in [6.07, 6.45) is 6.39. The summed E-state index contributed by atoms with van der Waals surface area (Å²) in [7, 11) is 0. The molecule has 2 rings (SSSR count). The summed E-state index contributed by atoms with van der Waals surface area (Å²) < 4.78 is 5.41. The van der Waals surface area contributed by atoms with Gasteiger partial charge in [-0.15, -0.1) is 6.42 Å². The number of amides is 1. The van der Waals surface area contributed by atoms with E-state index in [1.54, 1.807) is 6.07 Å². The largest absolute Gasteiger partial charge is 0.379 e. The molecule has 1 aliphatic heterocycles. The first-order chi connectivity index (χ1) is 9.74. The zero-order chi connectivity index (χ0) is 14.4. The number of benzene rings is 1. The normalized spacial score (nSPS) is 21.4. The highest BCUT2D eigenvalue weighted by atomic mass is 16.5. The van der Waals surface area contributed by atoms with Crippen molar-refractivity contribution >= 4 is 11.6 Å². The molecule has 1 fully saturated rings. The quantitative estimate of drug-likeness (QED) is 0.801. The van der Waals surface area contributed by atoms with Gasteiger partial charge in [0.05, 0.1) is 19.1 Å². The summed E-state index contributed by atoms with van der Waals surface area (Å²) in [4.78, 5) is 12.3. The fourth-order valence-electron chi connectivity index (χ4n) is 2.27. The monoisotopic (exact) mass is 272 g/mol. The van der Waals surface area contributed by atoms with Crippen LogP contribution in [0.5, 0.6) is 0 Å². The summed E-state index contributed by atoms with van der Waals surface area (Å²) in [6, 6.07) is 7.39. The van der Waals surface area contributed by atoms with Crippen molar-refractivity contribution in [2.75, 3.05) is 25.1 Å². The third kappa shape index (κ3) is 3.60. The van der Waals surface area contributed by atoms with Gasteiger partial charge in [-0.1, -0.05) is 18.9 Å². The zero-order valence-electron chi connectivity index (χ0n) is 11.7. The molecule has 2 N–H and O–H groups in total. The van der Waals surface area contributed by atoms with Crippen LogP contribution in [0.3, 0.4) is 0 Å². The topological polar surface area (TPSA) is 50.4 Å². The molecular weight excluding hydrogens is 252 g/mol. The second-order valence-corrected chi connectivity index (χ2v) is 4.92. The molecule has 0 aromatic heterocycles. The van der Waals surface area contributed by atoms with Crippen molar-refractivity contribution < 1.29 is 9.53 Å². The first-order valence-corrected chi connectivity index (χ1v) is 6.93. The molecule has 1 heterocycles. The minimum absolute atomic E-state index is 0.0229. The van der Waals surface area contributed by atoms with Crippen molar-refractivity contribution in [3.8, 4) is 12.3 Å². The molecule has 1 aromatic rings. The number of carbonyl (C=O) groups excluding carboxylic acids is 1. The molecule has 20 heavy (non-hydrogen) atoms. The van der Waals surface area contributed by atoms with E-state index in [1.165, 1.54) is 0 Å². The lowest BCUT2D eigenvalue weighted by molar-refractivity contribution is -0.120. The Balaban J connectivity index is 1.98. The smallest absolute Gasteiger partial charge is 0.231 e. The molecule has 1 saturated heterocycles. The van der Waals surface area contributed by atoms with E-state index in [0.717, 1.165) is 24.2 Å². The Morgan fingerprint density at radius 2 is 2.35 bits per heavy atom. The van der Waals surface area contributed by atoms with E-state index in [4.69, 9.17) is 11.2 Å². The lowest BCUT2D eigenvalue weighted by atomic mass is 10.0. The average Bonchev–Trinajstić information content (AvgIpc) is 2.93. The van der Waals surface area contributed by atoms with Crippen LogP contribution in [0.1, 0.15) is 18.9 Å². The Hall–Kier alpha value is -1.83. The third-order valence-corrected chi connectivity index (χ3v) is 3.37. The van der Waals surface area contributed by atoms with Crippen molar-refractivity contribution in [2.45, 2.75) is 19.4 Å². The van der Waals surface area contributed by atoms with E-state index in [9.17, 15) is 4.79 Å². The van der Waals surface area contributed by atoms with Gasteiger partial charge < -0.3 is 15.4 Å². The Kier molecular flexibility index (Phi) is 5.16. The number of terminal acetylenes is 1. The molecular formula is C16H20N2O2. The lowest BCUT2D eigenvalue weighted by Gasteiger charge is -2.18. The van der Waals surface area contributed by atoms with E-state index < -0.39 is 0 Å². The van der Waals surface area contributed by atoms with Crippen LogP contribution in [0.15, 0.2) is 24.3 Å². The van der Waals surface area contributed by atoms with Crippen LogP contribution in [0.2, 0.25) is 0 Å². The van der Waals surface area contributed by atoms with E-state index >= 15 is 0 Å². The maximum absolute atomic E-state index is 12.3. The second-order valence-electron chi connectivity index (χ2n) is 4.92. The highest BCUT2D eigenvalue weighted by Gasteiger charge is 2.33. The molecule has 1 aromatic carbocycles. The van der Waals surface area contributed by atoms with Crippen molar-refractivity contribution in [1.82, 2.24) is 5.32 Å². The SMILES string of the molecule is C#Cc1cccc(NC(=O)C2COCC2NCCC)c1. The highest BCUT2D eigenvalue weighted by molar-refractivity contribution is 5.93. The number of hydrogen-bond acceptors (Lipinski definition) is 3. The van der Waals surface area contributed by atoms with E-state index in [-0.39, 0.29) is 17.9 Å². The first kappa shape index (κ1) is 14.6. The maximum Gasteiger partial charge on any atom is 0.231 e. The van der Waals surface area contributed by atoms with Crippen molar-refractivity contribution in [2.24, 2.45) is 5.92 Å². The summed E-state index contributed by atoms with van der Waals surface area (Å²) in [5, 5.41) is 6.26.